The Labute approximate surface area is 124 Å². The number of aromatic nitrogens is 2. The summed E-state index contributed by atoms with van der Waals surface area (Å²) in [4.78, 5) is 0. The molecule has 1 aromatic carbocycles. The molecule has 0 amide bonds. The van der Waals surface area contributed by atoms with Gasteiger partial charge in [0, 0.05) is 23.9 Å². The molecule has 2 aromatic rings. The lowest BCUT2D eigenvalue weighted by Gasteiger charge is -2.09. The largest absolute Gasteiger partial charge is 0.313 e. The molecule has 0 aliphatic heterocycles. The lowest BCUT2D eigenvalue weighted by Crippen LogP contribution is -2.14. The predicted molar refractivity (Wildman–Crippen MR) is 79.6 cm³/mol. The van der Waals surface area contributed by atoms with Gasteiger partial charge in [-0.1, -0.05) is 20.8 Å². The van der Waals surface area contributed by atoms with Crippen molar-refractivity contribution >= 4 is 0 Å². The van der Waals surface area contributed by atoms with Gasteiger partial charge in [-0.3, -0.25) is 0 Å². The Hall–Kier alpha value is -1.75. The second-order valence-corrected chi connectivity index (χ2v) is 4.87. The van der Waals surface area contributed by atoms with Gasteiger partial charge < -0.3 is 5.32 Å². The number of hydrogen-bond acceptors (Lipinski definition) is 2. The lowest BCUT2D eigenvalue weighted by atomic mass is 10.1. The molecule has 0 spiro atoms. The van der Waals surface area contributed by atoms with Crippen molar-refractivity contribution in [2.45, 2.75) is 40.2 Å². The summed E-state index contributed by atoms with van der Waals surface area (Å²) in [6.45, 7) is 7.67. The van der Waals surface area contributed by atoms with E-state index in [0.29, 0.717) is 12.2 Å². The third-order valence-corrected chi connectivity index (χ3v) is 3.53. The van der Waals surface area contributed by atoms with Gasteiger partial charge in [-0.05, 0) is 31.5 Å². The number of hydrogen-bond donors (Lipinski definition) is 1. The molecule has 2 rings (SSSR count). The maximum Gasteiger partial charge on any atom is 0.151 e. The first-order valence-corrected chi connectivity index (χ1v) is 7.38. The minimum Gasteiger partial charge on any atom is -0.313 e. The molecule has 0 aliphatic carbocycles. The molecule has 0 atom stereocenters. The van der Waals surface area contributed by atoms with Crippen LogP contribution in [0.5, 0.6) is 0 Å². The van der Waals surface area contributed by atoms with E-state index in [1.165, 1.54) is 12.1 Å². The van der Waals surface area contributed by atoms with Gasteiger partial charge in [-0.2, -0.15) is 5.10 Å². The Kier molecular flexibility index (Phi) is 5.07. The summed E-state index contributed by atoms with van der Waals surface area (Å²) in [6.07, 6.45) is 1.52. The zero-order chi connectivity index (χ0) is 15.4. The highest BCUT2D eigenvalue weighted by Gasteiger charge is 2.18. The maximum absolute atomic E-state index is 14.0. The fraction of sp³-hybridized carbons (Fsp3) is 0.438. The Balaban J connectivity index is 2.55. The van der Waals surface area contributed by atoms with Crippen molar-refractivity contribution in [3.05, 3.63) is 46.8 Å². The number of nitrogens with zero attached hydrogens (tertiary/aromatic N) is 2. The second-order valence-electron chi connectivity index (χ2n) is 4.87. The molecular weight excluding hydrogens is 272 g/mol. The van der Waals surface area contributed by atoms with Crippen LogP contribution in [0.15, 0.2) is 18.2 Å². The van der Waals surface area contributed by atoms with Crippen LogP contribution in [0.25, 0.3) is 5.69 Å². The SMILES string of the molecule is CCNCc1c(CC)nn(-c2ccc(F)cc2F)c1CC. The fourth-order valence-corrected chi connectivity index (χ4v) is 2.49. The molecule has 0 radical (unpaired) electrons. The maximum atomic E-state index is 14.0. The Bertz CT molecular complexity index is 620. The van der Waals surface area contributed by atoms with E-state index in [4.69, 9.17) is 0 Å². The van der Waals surface area contributed by atoms with Crippen LogP contribution in [0.2, 0.25) is 0 Å². The van der Waals surface area contributed by atoms with Gasteiger partial charge in [0.1, 0.15) is 11.5 Å². The molecule has 21 heavy (non-hydrogen) atoms. The fourth-order valence-electron chi connectivity index (χ4n) is 2.49. The number of rotatable bonds is 6. The molecule has 0 saturated heterocycles. The summed E-state index contributed by atoms with van der Waals surface area (Å²) in [5, 5.41) is 7.82. The van der Waals surface area contributed by atoms with Gasteiger partial charge >= 0.3 is 0 Å². The lowest BCUT2D eigenvalue weighted by molar-refractivity contribution is 0.571. The number of nitrogens with one attached hydrogen (secondary N) is 1. The third kappa shape index (κ3) is 3.13. The molecule has 5 heteroatoms. The normalized spacial score (nSPS) is 11.1. The van der Waals surface area contributed by atoms with Gasteiger partial charge in [0.25, 0.3) is 0 Å². The van der Waals surface area contributed by atoms with Crippen molar-refractivity contribution in [1.82, 2.24) is 15.1 Å². The summed E-state index contributed by atoms with van der Waals surface area (Å²) >= 11 is 0. The summed E-state index contributed by atoms with van der Waals surface area (Å²) in [5.41, 5.74) is 3.34. The van der Waals surface area contributed by atoms with E-state index in [-0.39, 0.29) is 0 Å². The molecule has 1 N–H and O–H groups in total. The van der Waals surface area contributed by atoms with Crippen molar-refractivity contribution in [2.24, 2.45) is 0 Å². The molecule has 0 fully saturated rings. The van der Waals surface area contributed by atoms with E-state index in [1.807, 2.05) is 20.8 Å². The van der Waals surface area contributed by atoms with Crippen LogP contribution in [0.3, 0.4) is 0 Å². The Morgan fingerprint density at radius 3 is 2.48 bits per heavy atom. The van der Waals surface area contributed by atoms with Crippen molar-refractivity contribution in [2.75, 3.05) is 6.54 Å². The molecule has 0 unspecified atom stereocenters. The number of benzene rings is 1. The molecule has 0 aliphatic rings. The number of halogens is 2. The van der Waals surface area contributed by atoms with Crippen LogP contribution < -0.4 is 5.32 Å². The Morgan fingerprint density at radius 2 is 1.90 bits per heavy atom. The number of aryl methyl sites for hydroxylation is 1. The van der Waals surface area contributed by atoms with E-state index in [1.54, 1.807) is 4.68 Å². The topological polar surface area (TPSA) is 29.9 Å². The van der Waals surface area contributed by atoms with Gasteiger partial charge in [-0.15, -0.1) is 0 Å². The first-order valence-electron chi connectivity index (χ1n) is 7.38. The van der Waals surface area contributed by atoms with Crippen LogP contribution in [0.1, 0.15) is 37.7 Å². The van der Waals surface area contributed by atoms with Crippen molar-refractivity contribution < 1.29 is 8.78 Å². The summed E-state index contributed by atoms with van der Waals surface area (Å²) < 4.78 is 28.7. The highest BCUT2D eigenvalue weighted by atomic mass is 19.1. The summed E-state index contributed by atoms with van der Waals surface area (Å²) in [5.74, 6) is -1.17. The first kappa shape index (κ1) is 15.6. The zero-order valence-electron chi connectivity index (χ0n) is 12.7. The minimum absolute atomic E-state index is 0.297. The van der Waals surface area contributed by atoms with Crippen LogP contribution in [0.4, 0.5) is 8.78 Å². The third-order valence-electron chi connectivity index (χ3n) is 3.53. The van der Waals surface area contributed by atoms with Crippen LogP contribution in [-0.4, -0.2) is 16.3 Å². The van der Waals surface area contributed by atoms with Crippen LogP contribution in [-0.2, 0) is 19.4 Å². The molecule has 114 valence electrons. The summed E-state index contributed by atoms with van der Waals surface area (Å²) in [6, 6.07) is 3.59. The first-order chi connectivity index (χ1) is 10.1. The highest BCUT2D eigenvalue weighted by molar-refractivity contribution is 5.39. The second kappa shape index (κ2) is 6.80. The average Bonchev–Trinajstić information content (AvgIpc) is 2.82. The molecular formula is C16H21F2N3. The van der Waals surface area contributed by atoms with Crippen molar-refractivity contribution in [3.63, 3.8) is 0 Å². The zero-order valence-corrected chi connectivity index (χ0v) is 12.7. The van der Waals surface area contributed by atoms with E-state index in [9.17, 15) is 8.78 Å². The molecule has 0 bridgehead atoms. The van der Waals surface area contributed by atoms with Gasteiger partial charge in [0.15, 0.2) is 5.82 Å². The Morgan fingerprint density at radius 1 is 1.14 bits per heavy atom. The molecule has 0 saturated carbocycles. The standard InChI is InChI=1S/C16H21F2N3/c1-4-14-12(10-19-6-3)15(5-2)21(20-14)16-8-7-11(17)9-13(16)18/h7-9,19H,4-6,10H2,1-3H3. The van der Waals surface area contributed by atoms with Crippen molar-refractivity contribution in [3.8, 4) is 5.69 Å². The molecule has 3 nitrogen and oxygen atoms in total. The predicted octanol–water partition coefficient (Wildman–Crippen LogP) is 3.38. The van der Waals surface area contributed by atoms with Crippen LogP contribution in [0, 0.1) is 11.6 Å². The minimum atomic E-state index is -0.593. The van der Waals surface area contributed by atoms with E-state index in [0.717, 1.165) is 42.4 Å². The smallest absolute Gasteiger partial charge is 0.151 e. The highest BCUT2D eigenvalue weighted by Crippen LogP contribution is 2.22. The quantitative estimate of drug-likeness (QED) is 0.885. The van der Waals surface area contributed by atoms with Gasteiger partial charge in [0.2, 0.25) is 0 Å². The van der Waals surface area contributed by atoms with Crippen LogP contribution >= 0.6 is 0 Å². The monoisotopic (exact) mass is 293 g/mol. The van der Waals surface area contributed by atoms with Crippen molar-refractivity contribution in [1.29, 1.82) is 0 Å². The molecule has 1 heterocycles. The van der Waals surface area contributed by atoms with E-state index < -0.39 is 11.6 Å². The van der Waals surface area contributed by atoms with Gasteiger partial charge in [0.05, 0.1) is 5.69 Å². The summed E-state index contributed by atoms with van der Waals surface area (Å²) in [7, 11) is 0. The van der Waals surface area contributed by atoms with E-state index >= 15 is 0 Å². The molecule has 1 aromatic heterocycles. The van der Waals surface area contributed by atoms with E-state index in [2.05, 4.69) is 10.4 Å². The van der Waals surface area contributed by atoms with Gasteiger partial charge in [-0.25, -0.2) is 13.5 Å². The average molecular weight is 293 g/mol.